The molecule has 0 amide bonds. The highest BCUT2D eigenvalue weighted by molar-refractivity contribution is 9.10. The Labute approximate surface area is 119 Å². The minimum absolute atomic E-state index is 0.0844. The number of para-hydroxylation sites is 1. The first-order valence-electron chi connectivity index (χ1n) is 5.87. The molecule has 0 spiro atoms. The Kier molecular flexibility index (Phi) is 4.70. The molecule has 19 heavy (non-hydrogen) atoms. The fraction of sp³-hybridized carbons (Fsp3) is 0.231. The van der Waals surface area contributed by atoms with E-state index in [1.807, 2.05) is 19.1 Å². The standard InChI is InChI=1S/C13H14BrN3O2/c1-2-15-13-16-7-10(14)12(17-13)19-11-6-4-3-5-9(11)8-18/h3-7,18H,2,8H2,1H3,(H,15,16,17). The molecule has 100 valence electrons. The van der Waals surface area contributed by atoms with Crippen LogP contribution >= 0.6 is 15.9 Å². The predicted octanol–water partition coefficient (Wildman–Crippen LogP) is 2.96. The van der Waals surface area contributed by atoms with E-state index in [9.17, 15) is 5.11 Å². The quantitative estimate of drug-likeness (QED) is 0.885. The number of hydrogen-bond acceptors (Lipinski definition) is 5. The molecule has 2 aromatic rings. The minimum atomic E-state index is -0.0844. The molecule has 2 N–H and O–H groups in total. The van der Waals surface area contributed by atoms with Crippen molar-refractivity contribution in [2.45, 2.75) is 13.5 Å². The SMILES string of the molecule is CCNc1ncc(Br)c(Oc2ccccc2CO)n1. The van der Waals surface area contributed by atoms with Gasteiger partial charge in [-0.05, 0) is 28.9 Å². The van der Waals surface area contributed by atoms with Crippen LogP contribution in [0.5, 0.6) is 11.6 Å². The number of aliphatic hydroxyl groups excluding tert-OH is 1. The topological polar surface area (TPSA) is 67.3 Å². The van der Waals surface area contributed by atoms with Crippen LogP contribution in [-0.4, -0.2) is 21.6 Å². The van der Waals surface area contributed by atoms with Crippen LogP contribution in [0.15, 0.2) is 34.9 Å². The number of nitrogens with zero attached hydrogens (tertiary/aromatic N) is 2. The summed E-state index contributed by atoms with van der Waals surface area (Å²) in [5, 5.41) is 12.3. The molecule has 1 aromatic carbocycles. The van der Waals surface area contributed by atoms with E-state index in [0.717, 1.165) is 6.54 Å². The number of aliphatic hydroxyl groups is 1. The van der Waals surface area contributed by atoms with Crippen molar-refractivity contribution >= 4 is 21.9 Å². The lowest BCUT2D eigenvalue weighted by atomic mass is 10.2. The van der Waals surface area contributed by atoms with Crippen molar-refractivity contribution in [3.05, 3.63) is 40.5 Å². The van der Waals surface area contributed by atoms with Crippen LogP contribution in [0.25, 0.3) is 0 Å². The van der Waals surface area contributed by atoms with Gasteiger partial charge in [-0.2, -0.15) is 4.98 Å². The lowest BCUT2D eigenvalue weighted by molar-refractivity contribution is 0.276. The number of rotatable bonds is 5. The van der Waals surface area contributed by atoms with E-state index in [2.05, 4.69) is 31.2 Å². The minimum Gasteiger partial charge on any atom is -0.437 e. The zero-order valence-electron chi connectivity index (χ0n) is 10.4. The molecule has 0 saturated heterocycles. The largest absolute Gasteiger partial charge is 0.437 e. The molecule has 0 unspecified atom stereocenters. The number of benzene rings is 1. The maximum absolute atomic E-state index is 9.27. The van der Waals surface area contributed by atoms with Crippen molar-refractivity contribution < 1.29 is 9.84 Å². The maximum atomic E-state index is 9.27. The van der Waals surface area contributed by atoms with Gasteiger partial charge in [0.15, 0.2) is 0 Å². The van der Waals surface area contributed by atoms with Gasteiger partial charge in [0, 0.05) is 12.1 Å². The predicted molar refractivity (Wildman–Crippen MR) is 76.3 cm³/mol. The first-order valence-corrected chi connectivity index (χ1v) is 6.67. The average molecular weight is 324 g/mol. The number of hydrogen-bond donors (Lipinski definition) is 2. The second-order valence-electron chi connectivity index (χ2n) is 3.74. The first-order chi connectivity index (χ1) is 9.24. The Morgan fingerprint density at radius 2 is 2.16 bits per heavy atom. The molecular weight excluding hydrogens is 310 g/mol. The van der Waals surface area contributed by atoms with Crippen molar-refractivity contribution in [1.29, 1.82) is 0 Å². The molecule has 1 heterocycles. The Bertz CT molecular complexity index is 563. The van der Waals surface area contributed by atoms with Crippen LogP contribution < -0.4 is 10.1 Å². The van der Waals surface area contributed by atoms with Gasteiger partial charge in [0.1, 0.15) is 5.75 Å². The highest BCUT2D eigenvalue weighted by Crippen LogP contribution is 2.29. The lowest BCUT2D eigenvalue weighted by Gasteiger charge is -2.11. The molecule has 0 aliphatic carbocycles. The highest BCUT2D eigenvalue weighted by Gasteiger charge is 2.09. The third-order valence-electron chi connectivity index (χ3n) is 2.40. The number of anilines is 1. The van der Waals surface area contributed by atoms with Crippen molar-refractivity contribution in [3.8, 4) is 11.6 Å². The molecule has 0 fully saturated rings. The molecular formula is C13H14BrN3O2. The Morgan fingerprint density at radius 1 is 1.37 bits per heavy atom. The summed E-state index contributed by atoms with van der Waals surface area (Å²) in [5.41, 5.74) is 0.706. The van der Waals surface area contributed by atoms with Crippen LogP contribution in [0.4, 0.5) is 5.95 Å². The third-order valence-corrected chi connectivity index (χ3v) is 2.94. The van der Waals surface area contributed by atoms with Gasteiger partial charge in [-0.15, -0.1) is 0 Å². The zero-order valence-corrected chi connectivity index (χ0v) is 12.0. The second-order valence-corrected chi connectivity index (χ2v) is 4.60. The molecule has 5 nitrogen and oxygen atoms in total. The maximum Gasteiger partial charge on any atom is 0.238 e. The van der Waals surface area contributed by atoms with E-state index in [-0.39, 0.29) is 6.61 Å². The van der Waals surface area contributed by atoms with Crippen LogP contribution in [0, 0.1) is 0 Å². The van der Waals surface area contributed by atoms with E-state index in [1.54, 1.807) is 18.3 Å². The van der Waals surface area contributed by atoms with E-state index < -0.39 is 0 Å². The van der Waals surface area contributed by atoms with Gasteiger partial charge in [0.25, 0.3) is 0 Å². The van der Waals surface area contributed by atoms with Gasteiger partial charge in [0.2, 0.25) is 11.8 Å². The molecule has 6 heteroatoms. The molecule has 0 saturated carbocycles. The van der Waals surface area contributed by atoms with Crippen LogP contribution in [-0.2, 0) is 6.61 Å². The van der Waals surface area contributed by atoms with E-state index >= 15 is 0 Å². The van der Waals surface area contributed by atoms with Crippen LogP contribution in [0.3, 0.4) is 0 Å². The number of ether oxygens (including phenoxy) is 1. The van der Waals surface area contributed by atoms with Gasteiger partial charge in [0.05, 0.1) is 17.3 Å². The smallest absolute Gasteiger partial charge is 0.238 e. The summed E-state index contributed by atoms with van der Waals surface area (Å²) in [6, 6.07) is 7.27. The molecule has 2 rings (SSSR count). The Hall–Kier alpha value is -1.66. The second kappa shape index (κ2) is 6.49. The fourth-order valence-electron chi connectivity index (χ4n) is 1.50. The monoisotopic (exact) mass is 323 g/mol. The number of aromatic nitrogens is 2. The molecule has 0 aliphatic rings. The van der Waals surface area contributed by atoms with E-state index in [1.165, 1.54) is 0 Å². The number of nitrogens with one attached hydrogen (secondary N) is 1. The van der Waals surface area contributed by atoms with Crippen molar-refractivity contribution in [1.82, 2.24) is 9.97 Å². The molecule has 0 atom stereocenters. The summed E-state index contributed by atoms with van der Waals surface area (Å²) in [6.07, 6.45) is 1.63. The molecule has 1 aromatic heterocycles. The molecule has 0 aliphatic heterocycles. The van der Waals surface area contributed by atoms with Crippen molar-refractivity contribution in [2.75, 3.05) is 11.9 Å². The first kappa shape index (κ1) is 13.8. The summed E-state index contributed by atoms with van der Waals surface area (Å²) < 4.78 is 6.37. The molecule has 0 bridgehead atoms. The summed E-state index contributed by atoms with van der Waals surface area (Å²) in [4.78, 5) is 8.37. The Balaban J connectivity index is 2.29. The lowest BCUT2D eigenvalue weighted by Crippen LogP contribution is -2.03. The summed E-state index contributed by atoms with van der Waals surface area (Å²) in [6.45, 7) is 2.61. The summed E-state index contributed by atoms with van der Waals surface area (Å²) in [7, 11) is 0. The van der Waals surface area contributed by atoms with Gasteiger partial charge in [-0.3, -0.25) is 0 Å². The average Bonchev–Trinajstić information content (AvgIpc) is 2.43. The van der Waals surface area contributed by atoms with Gasteiger partial charge >= 0.3 is 0 Å². The summed E-state index contributed by atoms with van der Waals surface area (Å²) >= 11 is 3.35. The van der Waals surface area contributed by atoms with Crippen LogP contribution in [0.1, 0.15) is 12.5 Å². The normalized spacial score (nSPS) is 10.3. The van der Waals surface area contributed by atoms with Crippen molar-refractivity contribution in [3.63, 3.8) is 0 Å². The van der Waals surface area contributed by atoms with Gasteiger partial charge in [-0.25, -0.2) is 4.98 Å². The van der Waals surface area contributed by atoms with Gasteiger partial charge in [-0.1, -0.05) is 18.2 Å². The molecule has 0 radical (unpaired) electrons. The summed E-state index contributed by atoms with van der Waals surface area (Å²) in [5.74, 6) is 1.49. The Morgan fingerprint density at radius 3 is 2.89 bits per heavy atom. The fourth-order valence-corrected chi connectivity index (χ4v) is 1.78. The third kappa shape index (κ3) is 3.42. The van der Waals surface area contributed by atoms with E-state index in [4.69, 9.17) is 4.74 Å². The van der Waals surface area contributed by atoms with Gasteiger partial charge < -0.3 is 15.2 Å². The number of halogens is 1. The van der Waals surface area contributed by atoms with Crippen molar-refractivity contribution in [2.24, 2.45) is 0 Å². The highest BCUT2D eigenvalue weighted by atomic mass is 79.9. The van der Waals surface area contributed by atoms with Crippen LogP contribution in [0.2, 0.25) is 0 Å². The van der Waals surface area contributed by atoms with E-state index in [0.29, 0.717) is 27.6 Å². The zero-order chi connectivity index (χ0) is 13.7.